The number of thiophene rings is 1. The maximum atomic E-state index is 12.5. The standard InChI is InChI=1S/C15H22N2O3S/c1-10(2)14(12-6-4-8-21-12)16-15(20)17-7-3-5-11(17)9-13(18)19/h4,6,8,10-11,14H,3,5,7,9H2,1-2H3,(H,16,20)(H,18,19). The van der Waals surface area contributed by atoms with E-state index in [9.17, 15) is 9.59 Å². The molecule has 2 amide bonds. The van der Waals surface area contributed by atoms with E-state index in [0.717, 1.165) is 17.7 Å². The van der Waals surface area contributed by atoms with E-state index < -0.39 is 5.97 Å². The Bertz CT molecular complexity index is 487. The van der Waals surface area contributed by atoms with Crippen LogP contribution >= 0.6 is 11.3 Å². The first-order valence-corrected chi connectivity index (χ1v) is 8.19. The molecule has 116 valence electrons. The molecule has 2 unspecified atom stereocenters. The second kappa shape index (κ2) is 6.93. The number of carbonyl (C=O) groups excluding carboxylic acids is 1. The molecule has 6 heteroatoms. The maximum absolute atomic E-state index is 12.5. The summed E-state index contributed by atoms with van der Waals surface area (Å²) in [6.45, 7) is 4.78. The number of likely N-dealkylation sites (tertiary alicyclic amines) is 1. The van der Waals surface area contributed by atoms with Crippen molar-refractivity contribution in [2.24, 2.45) is 5.92 Å². The van der Waals surface area contributed by atoms with Crippen LogP contribution in [-0.2, 0) is 4.79 Å². The molecule has 2 rings (SSSR count). The Labute approximate surface area is 129 Å². The van der Waals surface area contributed by atoms with Gasteiger partial charge in [0.25, 0.3) is 0 Å². The van der Waals surface area contributed by atoms with Crippen molar-refractivity contribution in [2.45, 2.75) is 45.2 Å². The summed E-state index contributed by atoms with van der Waals surface area (Å²) < 4.78 is 0. The first-order valence-electron chi connectivity index (χ1n) is 7.31. The Morgan fingerprint density at radius 3 is 2.86 bits per heavy atom. The number of nitrogens with one attached hydrogen (secondary N) is 1. The summed E-state index contributed by atoms with van der Waals surface area (Å²) in [5, 5.41) is 14.0. The lowest BCUT2D eigenvalue weighted by Crippen LogP contribution is -2.45. The number of rotatable bonds is 5. The van der Waals surface area contributed by atoms with Gasteiger partial charge in [-0.2, -0.15) is 0 Å². The summed E-state index contributed by atoms with van der Waals surface area (Å²) in [6, 6.07) is 3.65. The molecule has 0 aromatic carbocycles. The predicted molar refractivity (Wildman–Crippen MR) is 82.4 cm³/mol. The Hall–Kier alpha value is -1.56. The number of nitrogens with zero attached hydrogens (tertiary/aromatic N) is 1. The van der Waals surface area contributed by atoms with Crippen molar-refractivity contribution in [3.05, 3.63) is 22.4 Å². The van der Waals surface area contributed by atoms with Crippen molar-refractivity contribution < 1.29 is 14.7 Å². The van der Waals surface area contributed by atoms with E-state index in [4.69, 9.17) is 5.11 Å². The molecule has 0 spiro atoms. The van der Waals surface area contributed by atoms with Gasteiger partial charge in [0.2, 0.25) is 0 Å². The van der Waals surface area contributed by atoms with Crippen molar-refractivity contribution in [2.75, 3.05) is 6.54 Å². The molecule has 0 saturated carbocycles. The SMILES string of the molecule is CC(C)C(NC(=O)N1CCCC1CC(=O)O)c1cccs1. The van der Waals surface area contributed by atoms with Crippen molar-refractivity contribution >= 4 is 23.3 Å². The Morgan fingerprint density at radius 1 is 1.52 bits per heavy atom. The minimum absolute atomic E-state index is 0.0245. The van der Waals surface area contributed by atoms with E-state index in [1.54, 1.807) is 16.2 Å². The maximum Gasteiger partial charge on any atom is 0.318 e. The molecule has 1 aromatic rings. The van der Waals surface area contributed by atoms with E-state index in [2.05, 4.69) is 19.2 Å². The number of carboxylic acids is 1. The summed E-state index contributed by atoms with van der Waals surface area (Å²) >= 11 is 1.63. The molecule has 5 nitrogen and oxygen atoms in total. The quantitative estimate of drug-likeness (QED) is 0.878. The second-order valence-corrected chi connectivity index (χ2v) is 6.75. The number of hydrogen-bond donors (Lipinski definition) is 2. The zero-order chi connectivity index (χ0) is 15.4. The van der Waals surface area contributed by atoms with Gasteiger partial charge in [-0.05, 0) is 30.2 Å². The first kappa shape index (κ1) is 15.8. The molecule has 1 aliphatic rings. The van der Waals surface area contributed by atoms with Crippen LogP contribution in [-0.4, -0.2) is 34.6 Å². The molecule has 1 aliphatic heterocycles. The molecule has 1 fully saturated rings. The zero-order valence-electron chi connectivity index (χ0n) is 12.4. The second-order valence-electron chi connectivity index (χ2n) is 5.77. The van der Waals surface area contributed by atoms with Crippen molar-refractivity contribution in [1.82, 2.24) is 10.2 Å². The lowest BCUT2D eigenvalue weighted by molar-refractivity contribution is -0.137. The summed E-state index contributed by atoms with van der Waals surface area (Å²) in [5.41, 5.74) is 0. The molecule has 0 radical (unpaired) electrons. The third-order valence-electron chi connectivity index (χ3n) is 3.84. The average Bonchev–Trinajstić information content (AvgIpc) is 3.05. The number of hydrogen-bond acceptors (Lipinski definition) is 3. The summed E-state index contributed by atoms with van der Waals surface area (Å²) in [4.78, 5) is 26.2. The van der Waals surface area contributed by atoms with Crippen LogP contribution in [0.3, 0.4) is 0 Å². The van der Waals surface area contributed by atoms with E-state index in [1.807, 2.05) is 17.5 Å². The van der Waals surface area contributed by atoms with Gasteiger partial charge in [-0.25, -0.2) is 4.79 Å². The number of aliphatic carboxylic acids is 1. The van der Waals surface area contributed by atoms with Gasteiger partial charge in [0.05, 0.1) is 12.5 Å². The monoisotopic (exact) mass is 310 g/mol. The van der Waals surface area contributed by atoms with E-state index >= 15 is 0 Å². The molecule has 1 saturated heterocycles. The highest BCUT2D eigenvalue weighted by atomic mass is 32.1. The number of carboxylic acid groups (broad SMARTS) is 1. The van der Waals surface area contributed by atoms with Crippen LogP contribution in [0, 0.1) is 5.92 Å². The van der Waals surface area contributed by atoms with Gasteiger partial charge in [-0.15, -0.1) is 11.3 Å². The Kier molecular flexibility index (Phi) is 5.22. The Morgan fingerprint density at radius 2 is 2.29 bits per heavy atom. The third kappa shape index (κ3) is 3.97. The van der Waals surface area contributed by atoms with E-state index in [1.165, 1.54) is 0 Å². The van der Waals surface area contributed by atoms with Gasteiger partial charge >= 0.3 is 12.0 Å². The summed E-state index contributed by atoms with van der Waals surface area (Å²) in [6.07, 6.45) is 1.67. The topological polar surface area (TPSA) is 69.6 Å². The zero-order valence-corrected chi connectivity index (χ0v) is 13.2. The van der Waals surface area contributed by atoms with E-state index in [0.29, 0.717) is 6.54 Å². The largest absolute Gasteiger partial charge is 0.481 e. The average molecular weight is 310 g/mol. The number of amides is 2. The van der Waals surface area contributed by atoms with Crippen LogP contribution in [0.1, 0.15) is 44.0 Å². The molecule has 0 aliphatic carbocycles. The van der Waals surface area contributed by atoms with Gasteiger partial charge in [0.1, 0.15) is 0 Å². The number of urea groups is 1. The summed E-state index contributed by atoms with van der Waals surface area (Å²) in [5.74, 6) is -0.563. The van der Waals surface area contributed by atoms with Crippen LogP contribution in [0.25, 0.3) is 0 Å². The van der Waals surface area contributed by atoms with Crippen molar-refractivity contribution in [3.63, 3.8) is 0 Å². The summed E-state index contributed by atoms with van der Waals surface area (Å²) in [7, 11) is 0. The first-order chi connectivity index (χ1) is 9.99. The lowest BCUT2D eigenvalue weighted by Gasteiger charge is -2.28. The minimum atomic E-state index is -0.849. The van der Waals surface area contributed by atoms with Crippen LogP contribution in [0.15, 0.2) is 17.5 Å². The van der Waals surface area contributed by atoms with Gasteiger partial charge in [-0.3, -0.25) is 4.79 Å². The smallest absolute Gasteiger partial charge is 0.318 e. The van der Waals surface area contributed by atoms with Crippen LogP contribution in [0.4, 0.5) is 4.79 Å². The predicted octanol–water partition coefficient (Wildman–Crippen LogP) is 3.09. The highest BCUT2D eigenvalue weighted by Crippen LogP contribution is 2.27. The molecule has 1 aromatic heterocycles. The third-order valence-corrected chi connectivity index (χ3v) is 4.80. The van der Waals surface area contributed by atoms with Crippen LogP contribution in [0.5, 0.6) is 0 Å². The van der Waals surface area contributed by atoms with Crippen LogP contribution < -0.4 is 5.32 Å². The molecular formula is C15H22N2O3S. The lowest BCUT2D eigenvalue weighted by atomic mass is 10.0. The highest BCUT2D eigenvalue weighted by Gasteiger charge is 2.32. The van der Waals surface area contributed by atoms with Crippen molar-refractivity contribution in [1.29, 1.82) is 0 Å². The van der Waals surface area contributed by atoms with Gasteiger partial charge in [0.15, 0.2) is 0 Å². The fraction of sp³-hybridized carbons (Fsp3) is 0.600. The number of carbonyl (C=O) groups is 2. The Balaban J connectivity index is 2.03. The minimum Gasteiger partial charge on any atom is -0.481 e. The molecule has 0 bridgehead atoms. The molecular weight excluding hydrogens is 288 g/mol. The normalized spacial score (nSPS) is 19.8. The molecule has 2 atom stereocenters. The van der Waals surface area contributed by atoms with Crippen LogP contribution in [0.2, 0.25) is 0 Å². The van der Waals surface area contributed by atoms with Gasteiger partial charge in [-0.1, -0.05) is 19.9 Å². The van der Waals surface area contributed by atoms with Gasteiger partial charge < -0.3 is 15.3 Å². The van der Waals surface area contributed by atoms with Gasteiger partial charge in [0, 0.05) is 17.5 Å². The molecule has 21 heavy (non-hydrogen) atoms. The van der Waals surface area contributed by atoms with Crippen molar-refractivity contribution in [3.8, 4) is 0 Å². The fourth-order valence-electron chi connectivity index (χ4n) is 2.77. The molecule has 2 N–H and O–H groups in total. The fourth-order valence-corrected chi connectivity index (χ4v) is 3.72. The molecule has 2 heterocycles. The van der Waals surface area contributed by atoms with E-state index in [-0.39, 0.29) is 30.5 Å². The highest BCUT2D eigenvalue weighted by molar-refractivity contribution is 7.10.